The van der Waals surface area contributed by atoms with Crippen LogP contribution in [-0.4, -0.2) is 50.2 Å². The number of methoxy groups -OCH3 is 2. The minimum Gasteiger partial charge on any atom is -0.469 e. The molecule has 0 spiro atoms. The van der Waals surface area contributed by atoms with Gasteiger partial charge in [0.15, 0.2) is 0 Å². The number of esters is 2. The van der Waals surface area contributed by atoms with Gasteiger partial charge in [0.05, 0.1) is 26.1 Å². The summed E-state index contributed by atoms with van der Waals surface area (Å²) in [7, 11) is 2.74. The van der Waals surface area contributed by atoms with E-state index in [4.69, 9.17) is 9.47 Å². The predicted octanol–water partition coefficient (Wildman–Crippen LogP) is 0.679. The zero-order valence-corrected chi connectivity index (χ0v) is 11.4. The van der Waals surface area contributed by atoms with Crippen molar-refractivity contribution in [3.63, 3.8) is 0 Å². The van der Waals surface area contributed by atoms with Crippen molar-refractivity contribution in [2.24, 2.45) is 17.3 Å². The third-order valence-corrected chi connectivity index (χ3v) is 4.42. The average Bonchev–Trinajstić information content (AvgIpc) is 2.86. The van der Waals surface area contributed by atoms with Gasteiger partial charge in [-0.05, 0) is 18.4 Å². The predicted molar refractivity (Wildman–Crippen MR) is 64.8 cm³/mol. The number of ether oxygens (including phenoxy) is 2. The highest BCUT2D eigenvalue weighted by atomic mass is 16.5. The summed E-state index contributed by atoms with van der Waals surface area (Å²) in [5, 5.41) is 0. The van der Waals surface area contributed by atoms with Crippen LogP contribution in [0.3, 0.4) is 0 Å². The lowest BCUT2D eigenvalue weighted by Crippen LogP contribution is -2.41. The van der Waals surface area contributed by atoms with E-state index in [1.54, 1.807) is 0 Å². The SMILES string of the molecule is COC(=O)[C@H]1CN2CCC(C)(C)C2[C@H]1C(=O)OC. The van der Waals surface area contributed by atoms with Crippen LogP contribution < -0.4 is 0 Å². The summed E-state index contributed by atoms with van der Waals surface area (Å²) in [6.07, 6.45) is 1.04. The molecule has 102 valence electrons. The number of rotatable bonds is 2. The Bertz CT molecular complexity index is 366. The van der Waals surface area contributed by atoms with Crippen molar-refractivity contribution >= 4 is 11.9 Å². The van der Waals surface area contributed by atoms with E-state index in [0.29, 0.717) is 6.54 Å². The van der Waals surface area contributed by atoms with Crippen molar-refractivity contribution in [3.8, 4) is 0 Å². The van der Waals surface area contributed by atoms with E-state index in [-0.39, 0.29) is 23.4 Å². The highest BCUT2D eigenvalue weighted by Crippen LogP contribution is 2.47. The maximum atomic E-state index is 12.0. The van der Waals surface area contributed by atoms with Crippen LogP contribution >= 0.6 is 0 Å². The Kier molecular flexibility index (Phi) is 3.36. The van der Waals surface area contributed by atoms with Crippen LogP contribution in [0.25, 0.3) is 0 Å². The Balaban J connectivity index is 2.31. The number of carbonyl (C=O) groups is 2. The molecule has 2 heterocycles. The number of hydrogen-bond acceptors (Lipinski definition) is 5. The highest BCUT2D eigenvalue weighted by Gasteiger charge is 2.57. The summed E-state index contributed by atoms with van der Waals surface area (Å²) in [4.78, 5) is 26.1. The summed E-state index contributed by atoms with van der Waals surface area (Å²) in [6.45, 7) is 5.82. The monoisotopic (exact) mass is 255 g/mol. The number of hydrogen-bond donors (Lipinski definition) is 0. The molecule has 2 fully saturated rings. The minimum atomic E-state index is -0.403. The third-order valence-electron chi connectivity index (χ3n) is 4.42. The Morgan fingerprint density at radius 3 is 2.33 bits per heavy atom. The lowest BCUT2D eigenvalue weighted by atomic mass is 9.75. The molecule has 2 aliphatic heterocycles. The second-order valence-corrected chi connectivity index (χ2v) is 5.86. The van der Waals surface area contributed by atoms with E-state index in [0.717, 1.165) is 13.0 Å². The first-order valence-corrected chi connectivity index (χ1v) is 6.32. The van der Waals surface area contributed by atoms with Crippen LogP contribution in [-0.2, 0) is 19.1 Å². The molecule has 5 nitrogen and oxygen atoms in total. The maximum Gasteiger partial charge on any atom is 0.311 e. The van der Waals surface area contributed by atoms with Crippen molar-refractivity contribution in [3.05, 3.63) is 0 Å². The average molecular weight is 255 g/mol. The van der Waals surface area contributed by atoms with Crippen LogP contribution in [0.1, 0.15) is 20.3 Å². The molecule has 1 unspecified atom stereocenters. The smallest absolute Gasteiger partial charge is 0.311 e. The van der Waals surface area contributed by atoms with Gasteiger partial charge in [0.1, 0.15) is 0 Å². The topological polar surface area (TPSA) is 55.8 Å². The third kappa shape index (κ3) is 1.90. The van der Waals surface area contributed by atoms with Gasteiger partial charge >= 0.3 is 11.9 Å². The molecule has 2 saturated heterocycles. The van der Waals surface area contributed by atoms with Gasteiger partial charge in [0.2, 0.25) is 0 Å². The zero-order valence-electron chi connectivity index (χ0n) is 11.4. The van der Waals surface area contributed by atoms with Gasteiger partial charge in [-0.25, -0.2) is 0 Å². The summed E-state index contributed by atoms with van der Waals surface area (Å²) in [6, 6.07) is 0.0778. The van der Waals surface area contributed by atoms with Gasteiger partial charge in [0, 0.05) is 12.6 Å². The second kappa shape index (κ2) is 4.53. The van der Waals surface area contributed by atoms with Crippen LogP contribution in [0.5, 0.6) is 0 Å². The molecule has 5 heteroatoms. The fourth-order valence-electron chi connectivity index (χ4n) is 3.52. The molecular weight excluding hydrogens is 234 g/mol. The molecule has 0 N–H and O–H groups in total. The summed E-state index contributed by atoms with van der Waals surface area (Å²) >= 11 is 0. The van der Waals surface area contributed by atoms with E-state index in [1.807, 2.05) is 0 Å². The Labute approximate surface area is 107 Å². The van der Waals surface area contributed by atoms with Crippen molar-refractivity contribution in [1.82, 2.24) is 4.90 Å². The summed E-state index contributed by atoms with van der Waals surface area (Å²) in [5.74, 6) is -1.41. The van der Waals surface area contributed by atoms with E-state index in [9.17, 15) is 9.59 Å². The molecule has 0 aliphatic carbocycles. The molecule has 0 aromatic carbocycles. The van der Waals surface area contributed by atoms with E-state index >= 15 is 0 Å². The Morgan fingerprint density at radius 2 is 1.78 bits per heavy atom. The fraction of sp³-hybridized carbons (Fsp3) is 0.846. The molecule has 0 amide bonds. The lowest BCUT2D eigenvalue weighted by Gasteiger charge is -2.31. The molecule has 0 bridgehead atoms. The summed E-state index contributed by atoms with van der Waals surface area (Å²) < 4.78 is 9.71. The lowest BCUT2D eigenvalue weighted by molar-refractivity contribution is -0.157. The molecule has 0 radical (unpaired) electrons. The Morgan fingerprint density at radius 1 is 1.17 bits per heavy atom. The number of carbonyl (C=O) groups excluding carboxylic acids is 2. The van der Waals surface area contributed by atoms with Gasteiger partial charge in [-0.1, -0.05) is 13.8 Å². The minimum absolute atomic E-state index is 0.0294. The van der Waals surface area contributed by atoms with E-state index in [1.165, 1.54) is 14.2 Å². The maximum absolute atomic E-state index is 12.0. The van der Waals surface area contributed by atoms with Gasteiger partial charge in [0.25, 0.3) is 0 Å². The largest absolute Gasteiger partial charge is 0.469 e. The van der Waals surface area contributed by atoms with Gasteiger partial charge < -0.3 is 9.47 Å². The van der Waals surface area contributed by atoms with Crippen LogP contribution in [0.2, 0.25) is 0 Å². The molecule has 2 aliphatic rings. The first-order valence-electron chi connectivity index (χ1n) is 6.32. The summed E-state index contributed by atoms with van der Waals surface area (Å²) in [5.41, 5.74) is 0.0294. The molecule has 0 aromatic heterocycles. The van der Waals surface area contributed by atoms with Gasteiger partial charge in [-0.15, -0.1) is 0 Å². The molecule has 0 saturated carbocycles. The standard InChI is InChI=1S/C13H21NO4/c1-13(2)5-6-14-7-8(11(15)17-3)9(10(13)14)12(16)18-4/h8-10H,5-7H2,1-4H3/t8-,9-,10?/m0/s1. The Hall–Kier alpha value is -1.10. The van der Waals surface area contributed by atoms with Crippen LogP contribution in [0.15, 0.2) is 0 Å². The van der Waals surface area contributed by atoms with Gasteiger partial charge in [-0.3, -0.25) is 14.5 Å². The molecule has 2 rings (SSSR count). The van der Waals surface area contributed by atoms with Crippen LogP contribution in [0, 0.1) is 17.3 Å². The van der Waals surface area contributed by atoms with Crippen molar-refractivity contribution in [1.29, 1.82) is 0 Å². The number of fused-ring (bicyclic) bond motifs is 1. The molecule has 3 atom stereocenters. The van der Waals surface area contributed by atoms with Crippen molar-refractivity contribution in [2.75, 3.05) is 27.3 Å². The van der Waals surface area contributed by atoms with Crippen molar-refractivity contribution < 1.29 is 19.1 Å². The quantitative estimate of drug-likeness (QED) is 0.679. The fourth-order valence-corrected chi connectivity index (χ4v) is 3.52. The van der Waals surface area contributed by atoms with Crippen molar-refractivity contribution in [2.45, 2.75) is 26.3 Å². The van der Waals surface area contributed by atoms with Crippen LogP contribution in [0.4, 0.5) is 0 Å². The second-order valence-electron chi connectivity index (χ2n) is 5.86. The first-order chi connectivity index (χ1) is 8.42. The highest BCUT2D eigenvalue weighted by molar-refractivity contribution is 5.83. The van der Waals surface area contributed by atoms with Gasteiger partial charge in [-0.2, -0.15) is 0 Å². The first kappa shape index (κ1) is 13.3. The molecule has 18 heavy (non-hydrogen) atoms. The molecule has 0 aromatic rings. The van der Waals surface area contributed by atoms with E-state index < -0.39 is 11.8 Å². The number of nitrogens with zero attached hydrogens (tertiary/aromatic N) is 1. The molecular formula is C13H21NO4. The van der Waals surface area contributed by atoms with E-state index in [2.05, 4.69) is 18.7 Å². The normalized spacial score (nSPS) is 34.1. The zero-order chi connectivity index (χ0) is 13.5.